The van der Waals surface area contributed by atoms with Gasteiger partial charge in [0.25, 0.3) is 11.8 Å². The molecule has 1 aromatic heterocycles. The molecule has 0 aliphatic carbocycles. The van der Waals surface area contributed by atoms with Crippen LogP contribution in [0, 0.1) is 0 Å². The highest BCUT2D eigenvalue weighted by Gasteiger charge is 2.34. The molecule has 160 valence electrons. The van der Waals surface area contributed by atoms with Crippen LogP contribution < -0.4 is 5.69 Å². The maximum atomic E-state index is 13.2. The Bertz CT molecular complexity index is 1390. The van der Waals surface area contributed by atoms with Crippen LogP contribution in [-0.2, 0) is 0 Å². The third-order valence-corrected chi connectivity index (χ3v) is 6.74. The Kier molecular flexibility index (Phi) is 4.26. The number of nitrogens with zero attached hydrogens (tertiary/aromatic N) is 3. The summed E-state index contributed by atoms with van der Waals surface area (Å²) in [5.74, 6) is -0.483. The molecule has 2 aliphatic heterocycles. The minimum Gasteiger partial charge on any atom is -0.306 e. The smallest absolute Gasteiger partial charge is 0.306 e. The lowest BCUT2D eigenvalue weighted by atomic mass is 9.94. The summed E-state index contributed by atoms with van der Waals surface area (Å²) in [4.78, 5) is 45.3. The van der Waals surface area contributed by atoms with Gasteiger partial charge in [-0.1, -0.05) is 36.4 Å². The van der Waals surface area contributed by atoms with E-state index in [0.29, 0.717) is 24.2 Å². The quantitative estimate of drug-likeness (QED) is 0.510. The van der Waals surface area contributed by atoms with E-state index >= 15 is 0 Å². The third kappa shape index (κ3) is 2.81. The minimum absolute atomic E-state index is 0.0873. The summed E-state index contributed by atoms with van der Waals surface area (Å²) in [5.41, 5.74) is 2.84. The van der Waals surface area contributed by atoms with Crippen LogP contribution in [0.25, 0.3) is 21.8 Å². The molecule has 0 atom stereocenters. The van der Waals surface area contributed by atoms with Crippen LogP contribution in [0.4, 0.5) is 0 Å². The summed E-state index contributed by atoms with van der Waals surface area (Å²) < 4.78 is 1.85. The van der Waals surface area contributed by atoms with E-state index in [9.17, 15) is 14.4 Å². The van der Waals surface area contributed by atoms with E-state index in [2.05, 4.69) is 9.88 Å². The van der Waals surface area contributed by atoms with E-state index in [4.69, 9.17) is 0 Å². The van der Waals surface area contributed by atoms with Crippen molar-refractivity contribution in [3.05, 3.63) is 82.3 Å². The fourth-order valence-corrected chi connectivity index (χ4v) is 5.16. The highest BCUT2D eigenvalue weighted by molar-refractivity contribution is 6.25. The van der Waals surface area contributed by atoms with Crippen molar-refractivity contribution in [2.45, 2.75) is 18.9 Å². The number of nitrogens with one attached hydrogen (secondary N) is 1. The number of H-pyrrole nitrogens is 1. The number of hydrogen-bond donors (Lipinski definition) is 1. The van der Waals surface area contributed by atoms with Crippen molar-refractivity contribution in [3.8, 4) is 0 Å². The molecular formula is C25H22N4O3. The van der Waals surface area contributed by atoms with Gasteiger partial charge in [-0.3, -0.25) is 24.0 Å². The number of likely N-dealkylation sites (tertiary alicyclic amines) is 1. The molecule has 0 bridgehead atoms. The van der Waals surface area contributed by atoms with Crippen LogP contribution in [0.3, 0.4) is 0 Å². The second kappa shape index (κ2) is 7.17. The molecule has 1 saturated heterocycles. The van der Waals surface area contributed by atoms with Crippen LogP contribution >= 0.6 is 0 Å². The zero-order valence-electron chi connectivity index (χ0n) is 17.5. The van der Waals surface area contributed by atoms with Crippen LogP contribution in [-0.4, -0.2) is 50.9 Å². The Hall–Kier alpha value is -3.71. The molecular weight excluding hydrogens is 404 g/mol. The average molecular weight is 426 g/mol. The van der Waals surface area contributed by atoms with Crippen LogP contribution in [0.2, 0.25) is 0 Å². The van der Waals surface area contributed by atoms with E-state index in [1.807, 2.05) is 53.1 Å². The molecule has 0 unspecified atom stereocenters. The average Bonchev–Trinajstić information content (AvgIpc) is 3.16. The maximum absolute atomic E-state index is 13.2. The molecule has 3 heterocycles. The third-order valence-electron chi connectivity index (χ3n) is 6.74. The number of rotatable bonds is 3. The molecule has 0 saturated carbocycles. The number of aromatic amines is 1. The van der Waals surface area contributed by atoms with Gasteiger partial charge in [0, 0.05) is 35.6 Å². The number of hydrogen-bond acceptors (Lipinski definition) is 4. The molecule has 0 spiro atoms. The lowest BCUT2D eigenvalue weighted by molar-refractivity contribution is 0.0455. The SMILES string of the molecule is O=C1c2cccc3cccc(c23)C(=O)N1CN1CCC(n2c(=O)[nH]c3ccccc32)CC1. The maximum Gasteiger partial charge on any atom is 0.326 e. The van der Waals surface area contributed by atoms with Gasteiger partial charge in [0.15, 0.2) is 0 Å². The molecule has 3 aromatic carbocycles. The normalized spacial score (nSPS) is 17.6. The molecule has 1 fully saturated rings. The fraction of sp³-hybridized carbons (Fsp3) is 0.240. The molecule has 6 rings (SSSR count). The highest BCUT2D eigenvalue weighted by Crippen LogP contribution is 2.31. The number of imidazole rings is 1. The number of amides is 2. The Morgan fingerprint density at radius 1 is 0.812 bits per heavy atom. The van der Waals surface area contributed by atoms with Crippen LogP contribution in [0.15, 0.2) is 65.5 Å². The fourth-order valence-electron chi connectivity index (χ4n) is 5.16. The molecule has 2 aliphatic rings. The molecule has 2 amide bonds. The van der Waals surface area contributed by atoms with Crippen molar-refractivity contribution in [1.82, 2.24) is 19.4 Å². The first-order chi connectivity index (χ1) is 15.6. The van der Waals surface area contributed by atoms with Gasteiger partial charge < -0.3 is 4.98 Å². The van der Waals surface area contributed by atoms with Crippen molar-refractivity contribution in [3.63, 3.8) is 0 Å². The predicted octanol–water partition coefficient (Wildman–Crippen LogP) is 3.37. The van der Waals surface area contributed by atoms with E-state index in [1.54, 1.807) is 12.1 Å². The zero-order chi connectivity index (χ0) is 21.8. The van der Waals surface area contributed by atoms with Gasteiger partial charge in [-0.2, -0.15) is 0 Å². The number of aromatic nitrogens is 2. The zero-order valence-corrected chi connectivity index (χ0v) is 17.5. The monoisotopic (exact) mass is 426 g/mol. The topological polar surface area (TPSA) is 78.4 Å². The van der Waals surface area contributed by atoms with Gasteiger partial charge >= 0.3 is 5.69 Å². The lowest BCUT2D eigenvalue weighted by Gasteiger charge is -2.36. The van der Waals surface area contributed by atoms with E-state index in [0.717, 1.165) is 34.6 Å². The first-order valence-corrected chi connectivity index (χ1v) is 10.9. The van der Waals surface area contributed by atoms with Gasteiger partial charge in [-0.25, -0.2) is 4.79 Å². The second-order valence-electron chi connectivity index (χ2n) is 8.56. The van der Waals surface area contributed by atoms with Crippen molar-refractivity contribution < 1.29 is 9.59 Å². The number of carbonyl (C=O) groups excluding carboxylic acids is 2. The number of fused-ring (bicyclic) bond motifs is 1. The summed E-state index contributed by atoms with van der Waals surface area (Å²) in [6, 6.07) is 19.0. The number of imide groups is 1. The van der Waals surface area contributed by atoms with Gasteiger partial charge in [0.2, 0.25) is 0 Å². The van der Waals surface area contributed by atoms with E-state index in [1.165, 1.54) is 4.90 Å². The first kappa shape index (κ1) is 19.0. The highest BCUT2D eigenvalue weighted by atomic mass is 16.2. The summed E-state index contributed by atoms with van der Waals surface area (Å²) in [5, 5.41) is 1.66. The Labute approximate surface area is 183 Å². The Morgan fingerprint density at radius 3 is 2.16 bits per heavy atom. The summed E-state index contributed by atoms with van der Waals surface area (Å²) in [7, 11) is 0. The minimum atomic E-state index is -0.241. The van der Waals surface area contributed by atoms with Gasteiger partial charge in [-0.15, -0.1) is 0 Å². The van der Waals surface area contributed by atoms with E-state index in [-0.39, 0.29) is 30.2 Å². The standard InChI is InChI=1S/C25H22N4O3/c30-23-18-7-3-5-16-6-4-8-19(22(16)18)24(31)28(23)15-27-13-11-17(12-14-27)29-21-10-2-1-9-20(21)26-25(29)32/h1-10,17H,11-15H2,(H,26,32). The first-order valence-electron chi connectivity index (χ1n) is 10.9. The Morgan fingerprint density at radius 2 is 1.47 bits per heavy atom. The Balaban J connectivity index is 1.22. The van der Waals surface area contributed by atoms with Crippen molar-refractivity contribution in [1.29, 1.82) is 0 Å². The lowest BCUT2D eigenvalue weighted by Crippen LogP contribution is -2.49. The van der Waals surface area contributed by atoms with E-state index < -0.39 is 0 Å². The van der Waals surface area contributed by atoms with Crippen molar-refractivity contribution >= 4 is 33.6 Å². The molecule has 7 heteroatoms. The second-order valence-corrected chi connectivity index (χ2v) is 8.56. The number of benzene rings is 3. The van der Waals surface area contributed by atoms with Gasteiger partial charge in [0.05, 0.1) is 17.7 Å². The van der Waals surface area contributed by atoms with Gasteiger partial charge in [0.1, 0.15) is 0 Å². The van der Waals surface area contributed by atoms with Crippen LogP contribution in [0.1, 0.15) is 39.6 Å². The van der Waals surface area contributed by atoms with Crippen molar-refractivity contribution in [2.24, 2.45) is 0 Å². The molecule has 0 radical (unpaired) electrons. The summed E-state index contributed by atoms with van der Waals surface area (Å²) in [6.45, 7) is 1.68. The largest absolute Gasteiger partial charge is 0.326 e. The number of carbonyl (C=O) groups is 2. The molecule has 1 N–H and O–H groups in total. The number of para-hydroxylation sites is 2. The molecule has 32 heavy (non-hydrogen) atoms. The number of piperidine rings is 1. The molecule has 4 aromatic rings. The predicted molar refractivity (Wildman–Crippen MR) is 122 cm³/mol. The summed E-state index contributed by atoms with van der Waals surface area (Å²) >= 11 is 0. The van der Waals surface area contributed by atoms with Gasteiger partial charge in [-0.05, 0) is 42.5 Å². The van der Waals surface area contributed by atoms with Crippen LogP contribution in [0.5, 0.6) is 0 Å². The molecule has 7 nitrogen and oxygen atoms in total. The van der Waals surface area contributed by atoms with Crippen molar-refractivity contribution in [2.75, 3.05) is 19.8 Å². The summed E-state index contributed by atoms with van der Waals surface area (Å²) in [6.07, 6.45) is 1.56.